The van der Waals surface area contributed by atoms with E-state index in [1.807, 2.05) is 38.6 Å². The van der Waals surface area contributed by atoms with Crippen molar-refractivity contribution in [3.05, 3.63) is 54.4 Å². The summed E-state index contributed by atoms with van der Waals surface area (Å²) in [5.74, 6) is 0.278. The Kier molecular flexibility index (Phi) is 3.51. The molecule has 0 bridgehead atoms. The SMILES string of the molecule is CC(=O)N1C=CC(c2ccc(N(C)C)cc2)C=C1. The first-order valence-electron chi connectivity index (χ1n) is 6.01. The van der Waals surface area contributed by atoms with Gasteiger partial charge in [-0.2, -0.15) is 0 Å². The normalized spacial score (nSPS) is 14.9. The fraction of sp³-hybridized carbons (Fsp3) is 0.267. The van der Waals surface area contributed by atoms with Gasteiger partial charge in [0.1, 0.15) is 0 Å². The van der Waals surface area contributed by atoms with Crippen LogP contribution in [0.2, 0.25) is 0 Å². The number of anilines is 1. The van der Waals surface area contributed by atoms with Crippen LogP contribution in [0, 0.1) is 0 Å². The van der Waals surface area contributed by atoms with E-state index in [0.29, 0.717) is 0 Å². The van der Waals surface area contributed by atoms with Crippen molar-refractivity contribution < 1.29 is 4.79 Å². The largest absolute Gasteiger partial charge is 0.378 e. The molecule has 1 aromatic rings. The van der Waals surface area contributed by atoms with Crippen molar-refractivity contribution in [1.82, 2.24) is 4.90 Å². The second kappa shape index (κ2) is 5.08. The highest BCUT2D eigenvalue weighted by Gasteiger charge is 2.11. The molecule has 0 radical (unpaired) electrons. The number of rotatable bonds is 2. The third kappa shape index (κ3) is 2.62. The quantitative estimate of drug-likeness (QED) is 0.796. The first-order valence-corrected chi connectivity index (χ1v) is 6.01. The van der Waals surface area contributed by atoms with Gasteiger partial charge in [-0.15, -0.1) is 0 Å². The van der Waals surface area contributed by atoms with Crippen LogP contribution in [0.25, 0.3) is 0 Å². The van der Waals surface area contributed by atoms with Crippen molar-refractivity contribution in [3.63, 3.8) is 0 Å². The summed E-state index contributed by atoms with van der Waals surface area (Å²) in [5.41, 5.74) is 2.42. The fourth-order valence-electron chi connectivity index (χ4n) is 1.91. The maximum Gasteiger partial charge on any atom is 0.227 e. The van der Waals surface area contributed by atoms with Gasteiger partial charge in [-0.05, 0) is 17.7 Å². The molecule has 0 unspecified atom stereocenters. The molecule has 3 heteroatoms. The van der Waals surface area contributed by atoms with Gasteiger partial charge in [0.15, 0.2) is 0 Å². The average Bonchev–Trinajstić information content (AvgIpc) is 2.39. The summed E-state index contributed by atoms with van der Waals surface area (Å²) in [5, 5.41) is 0. The Bertz CT molecular complexity index is 472. The van der Waals surface area contributed by atoms with Crippen molar-refractivity contribution in [2.75, 3.05) is 19.0 Å². The van der Waals surface area contributed by atoms with E-state index < -0.39 is 0 Å². The molecule has 0 aliphatic carbocycles. The van der Waals surface area contributed by atoms with Crippen LogP contribution in [0.3, 0.4) is 0 Å². The lowest BCUT2D eigenvalue weighted by atomic mass is 9.97. The van der Waals surface area contributed by atoms with E-state index in [-0.39, 0.29) is 11.8 Å². The monoisotopic (exact) mass is 242 g/mol. The molecule has 3 nitrogen and oxygen atoms in total. The molecule has 1 aromatic carbocycles. The summed E-state index contributed by atoms with van der Waals surface area (Å²) >= 11 is 0. The van der Waals surface area contributed by atoms with E-state index in [0.717, 1.165) is 0 Å². The molecular formula is C15H18N2O. The lowest BCUT2D eigenvalue weighted by Gasteiger charge is -2.20. The Morgan fingerprint density at radius 2 is 1.67 bits per heavy atom. The zero-order chi connectivity index (χ0) is 13.1. The molecule has 18 heavy (non-hydrogen) atoms. The van der Waals surface area contributed by atoms with Gasteiger partial charge in [-0.1, -0.05) is 24.3 Å². The van der Waals surface area contributed by atoms with Crippen molar-refractivity contribution in [2.24, 2.45) is 0 Å². The molecule has 94 valence electrons. The molecule has 1 heterocycles. The van der Waals surface area contributed by atoms with Crippen LogP contribution in [-0.2, 0) is 4.79 Å². The number of amides is 1. The number of hydrogen-bond donors (Lipinski definition) is 0. The molecule has 1 aliphatic heterocycles. The molecule has 0 spiro atoms. The van der Waals surface area contributed by atoms with Gasteiger partial charge < -0.3 is 4.90 Å². The Morgan fingerprint density at radius 1 is 1.11 bits per heavy atom. The number of benzene rings is 1. The maximum atomic E-state index is 11.2. The molecule has 0 fully saturated rings. The van der Waals surface area contributed by atoms with E-state index in [1.165, 1.54) is 11.3 Å². The maximum absolute atomic E-state index is 11.2. The molecule has 1 amide bonds. The highest BCUT2D eigenvalue weighted by Crippen LogP contribution is 2.24. The Hall–Kier alpha value is -2.03. The van der Waals surface area contributed by atoms with Crippen LogP contribution < -0.4 is 4.90 Å². The van der Waals surface area contributed by atoms with E-state index in [1.54, 1.807) is 11.8 Å². The minimum atomic E-state index is 0.0314. The van der Waals surface area contributed by atoms with Crippen molar-refractivity contribution in [3.8, 4) is 0 Å². The third-order valence-corrected chi connectivity index (χ3v) is 3.07. The molecule has 0 N–H and O–H groups in total. The van der Waals surface area contributed by atoms with Crippen LogP contribution in [0.15, 0.2) is 48.8 Å². The van der Waals surface area contributed by atoms with Crippen molar-refractivity contribution >= 4 is 11.6 Å². The van der Waals surface area contributed by atoms with Gasteiger partial charge in [0.05, 0.1) is 0 Å². The molecule has 0 saturated heterocycles. The predicted molar refractivity (Wildman–Crippen MR) is 74.3 cm³/mol. The smallest absolute Gasteiger partial charge is 0.227 e. The van der Waals surface area contributed by atoms with Gasteiger partial charge in [0, 0.05) is 45.0 Å². The topological polar surface area (TPSA) is 23.6 Å². The zero-order valence-electron chi connectivity index (χ0n) is 11.0. The number of carbonyl (C=O) groups excluding carboxylic acids is 1. The van der Waals surface area contributed by atoms with Gasteiger partial charge in [-0.25, -0.2) is 0 Å². The van der Waals surface area contributed by atoms with Gasteiger partial charge in [0.2, 0.25) is 5.91 Å². The summed E-state index contributed by atoms with van der Waals surface area (Å²) in [4.78, 5) is 14.8. The summed E-state index contributed by atoms with van der Waals surface area (Å²) in [6.45, 7) is 1.56. The summed E-state index contributed by atoms with van der Waals surface area (Å²) < 4.78 is 0. The predicted octanol–water partition coefficient (Wildman–Crippen LogP) is 2.73. The van der Waals surface area contributed by atoms with E-state index >= 15 is 0 Å². The van der Waals surface area contributed by atoms with Crippen LogP contribution in [-0.4, -0.2) is 24.9 Å². The van der Waals surface area contributed by atoms with Crippen LogP contribution >= 0.6 is 0 Å². The minimum absolute atomic E-state index is 0.0314. The number of allylic oxidation sites excluding steroid dienone is 2. The lowest BCUT2D eigenvalue weighted by molar-refractivity contribution is -0.124. The summed E-state index contributed by atoms with van der Waals surface area (Å²) in [6, 6.07) is 8.46. The molecule has 2 rings (SSSR count). The Balaban J connectivity index is 2.12. The Labute approximate surface area is 108 Å². The highest BCUT2D eigenvalue weighted by molar-refractivity contribution is 5.75. The number of carbonyl (C=O) groups is 1. The van der Waals surface area contributed by atoms with Crippen molar-refractivity contribution in [2.45, 2.75) is 12.8 Å². The van der Waals surface area contributed by atoms with Crippen LogP contribution in [0.4, 0.5) is 5.69 Å². The first kappa shape index (κ1) is 12.4. The fourth-order valence-corrected chi connectivity index (χ4v) is 1.91. The van der Waals surface area contributed by atoms with E-state index in [9.17, 15) is 4.79 Å². The second-order valence-corrected chi connectivity index (χ2v) is 4.62. The van der Waals surface area contributed by atoms with Crippen molar-refractivity contribution in [1.29, 1.82) is 0 Å². The lowest BCUT2D eigenvalue weighted by Crippen LogP contribution is -2.18. The minimum Gasteiger partial charge on any atom is -0.378 e. The molecular weight excluding hydrogens is 224 g/mol. The molecule has 0 atom stereocenters. The summed E-state index contributed by atoms with van der Waals surface area (Å²) in [7, 11) is 4.06. The molecule has 0 saturated carbocycles. The van der Waals surface area contributed by atoms with Gasteiger partial charge in [-0.3, -0.25) is 9.69 Å². The van der Waals surface area contributed by atoms with Crippen LogP contribution in [0.5, 0.6) is 0 Å². The first-order chi connectivity index (χ1) is 8.58. The number of nitrogens with zero attached hydrogens (tertiary/aromatic N) is 2. The van der Waals surface area contributed by atoms with Gasteiger partial charge in [0.25, 0.3) is 0 Å². The van der Waals surface area contributed by atoms with Crippen LogP contribution in [0.1, 0.15) is 18.4 Å². The Morgan fingerprint density at radius 3 is 2.11 bits per heavy atom. The molecule has 0 aromatic heterocycles. The van der Waals surface area contributed by atoms with E-state index in [4.69, 9.17) is 0 Å². The third-order valence-electron chi connectivity index (χ3n) is 3.07. The second-order valence-electron chi connectivity index (χ2n) is 4.62. The zero-order valence-corrected chi connectivity index (χ0v) is 11.0. The van der Waals surface area contributed by atoms with Gasteiger partial charge >= 0.3 is 0 Å². The summed E-state index contributed by atoms with van der Waals surface area (Å²) in [6.07, 6.45) is 7.72. The average molecular weight is 242 g/mol. The molecule has 1 aliphatic rings. The standard InChI is InChI=1S/C15H18N2O/c1-12(18)17-10-8-14(9-11-17)13-4-6-15(7-5-13)16(2)3/h4-11,14H,1-3H3. The number of hydrogen-bond acceptors (Lipinski definition) is 2. The highest BCUT2D eigenvalue weighted by atomic mass is 16.2. The van der Waals surface area contributed by atoms with E-state index in [2.05, 4.69) is 29.2 Å².